The van der Waals surface area contributed by atoms with E-state index in [9.17, 15) is 9.59 Å². The van der Waals surface area contributed by atoms with Crippen molar-refractivity contribution in [2.24, 2.45) is 0 Å². The van der Waals surface area contributed by atoms with E-state index in [0.29, 0.717) is 46.8 Å². The third-order valence-corrected chi connectivity index (χ3v) is 5.65. The Kier molecular flexibility index (Phi) is 5.69. The van der Waals surface area contributed by atoms with Crippen LogP contribution in [0.3, 0.4) is 0 Å². The van der Waals surface area contributed by atoms with E-state index >= 15 is 0 Å². The van der Waals surface area contributed by atoms with Gasteiger partial charge in [-0.05, 0) is 36.2 Å². The maximum Gasteiger partial charge on any atom is 0.633 e. The predicted octanol–water partition coefficient (Wildman–Crippen LogP) is 2.79. The molecular formula is C24H25BN2O5. The zero-order valence-electron chi connectivity index (χ0n) is 18.5. The quantitative estimate of drug-likeness (QED) is 0.535. The number of hydrogen-bond donors (Lipinski definition) is 0. The molecule has 0 aliphatic carbocycles. The van der Waals surface area contributed by atoms with Gasteiger partial charge in [0.2, 0.25) is 0 Å². The van der Waals surface area contributed by atoms with Gasteiger partial charge in [-0.25, -0.2) is 0 Å². The maximum atomic E-state index is 13.4. The topological polar surface area (TPSA) is 68.3 Å². The average molecular weight is 432 g/mol. The lowest BCUT2D eigenvalue weighted by molar-refractivity contribution is -0.142. The Labute approximate surface area is 188 Å². The summed E-state index contributed by atoms with van der Waals surface area (Å²) in [6.07, 6.45) is 0.712. The highest BCUT2D eigenvalue weighted by atomic mass is 16.6. The van der Waals surface area contributed by atoms with Gasteiger partial charge < -0.3 is 23.8 Å². The first-order valence-corrected chi connectivity index (χ1v) is 10.3. The highest BCUT2D eigenvalue weighted by Gasteiger charge is 2.38. The number of anilines is 2. The molecule has 1 fully saturated rings. The molecule has 2 aliphatic rings. The van der Waals surface area contributed by atoms with Crippen LogP contribution in [-0.4, -0.2) is 39.6 Å². The minimum absolute atomic E-state index is 0.0147. The highest BCUT2D eigenvalue weighted by Crippen LogP contribution is 2.31. The summed E-state index contributed by atoms with van der Waals surface area (Å²) < 4.78 is 16.7. The summed E-state index contributed by atoms with van der Waals surface area (Å²) in [5.41, 5.74) is 4.71. The standard InChI is InChI=1S/C24H25BN2O5/c1-15-16(2)32-25(31-15)22-7-6-8-23(21(22)14-30-17(3)28)27-12-11-18-13-19(26(4)5)9-10-20(18)24(27)29/h6-10,13H,1-2,11-12,14H2,3-5H3. The van der Waals surface area contributed by atoms with Crippen LogP contribution >= 0.6 is 0 Å². The summed E-state index contributed by atoms with van der Waals surface area (Å²) in [6, 6.07) is 11.4. The molecule has 0 unspecified atom stereocenters. The second kappa shape index (κ2) is 8.46. The number of benzene rings is 2. The largest absolute Gasteiger partial charge is 0.633 e. The number of carbonyl (C=O) groups is 2. The fourth-order valence-corrected chi connectivity index (χ4v) is 3.92. The second-order valence-electron chi connectivity index (χ2n) is 7.98. The first kappa shape index (κ1) is 21.6. The normalized spacial score (nSPS) is 15.3. The number of carbonyl (C=O) groups excluding carboxylic acids is 2. The van der Waals surface area contributed by atoms with E-state index in [0.717, 1.165) is 11.3 Å². The third-order valence-electron chi connectivity index (χ3n) is 5.65. The molecular weight excluding hydrogens is 407 g/mol. The Hall–Kier alpha value is -3.68. The zero-order valence-corrected chi connectivity index (χ0v) is 18.5. The van der Waals surface area contributed by atoms with Crippen molar-refractivity contribution in [3.8, 4) is 0 Å². The Morgan fingerprint density at radius 2 is 1.91 bits per heavy atom. The van der Waals surface area contributed by atoms with Gasteiger partial charge in [0.25, 0.3) is 5.91 Å². The van der Waals surface area contributed by atoms with Gasteiger partial charge in [-0.2, -0.15) is 0 Å². The number of hydrogen-bond acceptors (Lipinski definition) is 6. The number of rotatable bonds is 5. The van der Waals surface area contributed by atoms with Crippen molar-refractivity contribution < 1.29 is 23.6 Å². The molecule has 2 aromatic carbocycles. The number of esters is 1. The number of amides is 1. The van der Waals surface area contributed by atoms with Crippen LogP contribution in [-0.2, 0) is 31.9 Å². The van der Waals surface area contributed by atoms with E-state index < -0.39 is 13.1 Å². The van der Waals surface area contributed by atoms with Crippen LogP contribution in [0.5, 0.6) is 0 Å². The third kappa shape index (κ3) is 3.96. The molecule has 0 spiro atoms. The summed E-state index contributed by atoms with van der Waals surface area (Å²) in [4.78, 5) is 28.7. The molecule has 0 N–H and O–H groups in total. The van der Waals surface area contributed by atoms with Crippen LogP contribution in [0.4, 0.5) is 11.4 Å². The number of nitrogens with zero attached hydrogens (tertiary/aromatic N) is 2. The minimum Gasteiger partial charge on any atom is -0.520 e. The maximum absolute atomic E-state index is 13.4. The average Bonchev–Trinajstić information content (AvgIpc) is 3.10. The van der Waals surface area contributed by atoms with Crippen LogP contribution in [0, 0.1) is 0 Å². The van der Waals surface area contributed by atoms with Crippen LogP contribution in [0.1, 0.15) is 28.4 Å². The second-order valence-corrected chi connectivity index (χ2v) is 7.98. The summed E-state index contributed by atoms with van der Waals surface area (Å²) in [7, 11) is 3.18. The number of ether oxygens (including phenoxy) is 1. The molecule has 32 heavy (non-hydrogen) atoms. The smallest absolute Gasteiger partial charge is 0.520 e. The summed E-state index contributed by atoms with van der Waals surface area (Å²) in [5.74, 6) is 0.177. The SMILES string of the molecule is C=C1OB(c2cccc(N3CCc4cc(N(C)C)ccc4C3=O)c2COC(C)=O)OC1=C. The molecule has 0 atom stereocenters. The zero-order chi connectivity index (χ0) is 23.0. The fraction of sp³-hybridized carbons (Fsp3) is 0.250. The van der Waals surface area contributed by atoms with Crippen molar-refractivity contribution >= 4 is 35.8 Å². The lowest BCUT2D eigenvalue weighted by atomic mass is 9.75. The summed E-state index contributed by atoms with van der Waals surface area (Å²) in [5, 5.41) is 0. The van der Waals surface area contributed by atoms with Gasteiger partial charge in [-0.3, -0.25) is 9.59 Å². The molecule has 164 valence electrons. The highest BCUT2D eigenvalue weighted by molar-refractivity contribution is 6.63. The molecule has 2 aliphatic heterocycles. The first-order chi connectivity index (χ1) is 15.3. The molecule has 0 radical (unpaired) electrons. The van der Waals surface area contributed by atoms with Crippen molar-refractivity contribution in [1.82, 2.24) is 0 Å². The van der Waals surface area contributed by atoms with Crippen molar-refractivity contribution in [1.29, 1.82) is 0 Å². The minimum atomic E-state index is -0.768. The molecule has 1 saturated heterocycles. The van der Waals surface area contributed by atoms with E-state index in [2.05, 4.69) is 19.2 Å². The molecule has 8 heteroatoms. The van der Waals surface area contributed by atoms with E-state index in [1.54, 1.807) is 4.90 Å². The van der Waals surface area contributed by atoms with Gasteiger partial charge in [0, 0.05) is 49.8 Å². The van der Waals surface area contributed by atoms with E-state index in [4.69, 9.17) is 14.0 Å². The number of fused-ring (bicyclic) bond motifs is 1. The van der Waals surface area contributed by atoms with Gasteiger partial charge in [-0.15, -0.1) is 0 Å². The van der Waals surface area contributed by atoms with Gasteiger partial charge in [0.1, 0.15) is 18.1 Å². The van der Waals surface area contributed by atoms with Crippen molar-refractivity contribution in [3.63, 3.8) is 0 Å². The lowest BCUT2D eigenvalue weighted by Crippen LogP contribution is -2.41. The molecule has 1 amide bonds. The first-order valence-electron chi connectivity index (χ1n) is 10.3. The Bertz CT molecular complexity index is 1110. The fourth-order valence-electron chi connectivity index (χ4n) is 3.92. The Morgan fingerprint density at radius 3 is 2.56 bits per heavy atom. The summed E-state index contributed by atoms with van der Waals surface area (Å²) in [6.45, 7) is 9.40. The van der Waals surface area contributed by atoms with Crippen LogP contribution in [0.2, 0.25) is 0 Å². The van der Waals surface area contributed by atoms with E-state index in [1.807, 2.05) is 49.3 Å². The van der Waals surface area contributed by atoms with Gasteiger partial charge in [-0.1, -0.05) is 25.3 Å². The predicted molar refractivity (Wildman–Crippen MR) is 124 cm³/mol. The van der Waals surface area contributed by atoms with Crippen molar-refractivity contribution in [2.45, 2.75) is 20.0 Å². The molecule has 2 aromatic rings. The molecule has 0 saturated carbocycles. The van der Waals surface area contributed by atoms with E-state index in [-0.39, 0.29) is 12.5 Å². The molecule has 4 rings (SSSR count). The van der Waals surface area contributed by atoms with E-state index in [1.165, 1.54) is 6.92 Å². The van der Waals surface area contributed by atoms with Crippen LogP contribution in [0.25, 0.3) is 0 Å². The van der Waals surface area contributed by atoms with Crippen molar-refractivity contribution in [3.05, 3.63) is 77.8 Å². The summed E-state index contributed by atoms with van der Waals surface area (Å²) >= 11 is 0. The van der Waals surface area contributed by atoms with Gasteiger partial charge in [0.15, 0.2) is 0 Å². The molecule has 7 nitrogen and oxygen atoms in total. The van der Waals surface area contributed by atoms with Crippen LogP contribution in [0.15, 0.2) is 61.1 Å². The van der Waals surface area contributed by atoms with Crippen LogP contribution < -0.4 is 15.3 Å². The molecule has 0 aromatic heterocycles. The monoisotopic (exact) mass is 432 g/mol. The van der Waals surface area contributed by atoms with Gasteiger partial charge in [0.05, 0.1) is 5.69 Å². The Morgan fingerprint density at radius 1 is 1.19 bits per heavy atom. The Balaban J connectivity index is 1.73. The van der Waals surface area contributed by atoms with Crippen molar-refractivity contribution in [2.75, 3.05) is 30.4 Å². The lowest BCUT2D eigenvalue weighted by Gasteiger charge is -2.31. The van der Waals surface area contributed by atoms with Gasteiger partial charge >= 0.3 is 13.1 Å². The molecule has 0 bridgehead atoms. The molecule has 2 heterocycles.